The number of hydrogen-bond acceptors (Lipinski definition) is 8. The SMILES string of the molecule is CC(C)NCCCn1c(Sc2c(I)ccc3c2COCO3)nc2c(N)ncnc21. The van der Waals surface area contributed by atoms with Gasteiger partial charge in [0.2, 0.25) is 0 Å². The quantitative estimate of drug-likeness (QED) is 0.357. The molecule has 1 aromatic carbocycles. The van der Waals surface area contributed by atoms with Crippen molar-refractivity contribution in [1.82, 2.24) is 24.8 Å². The summed E-state index contributed by atoms with van der Waals surface area (Å²) in [7, 11) is 0. The molecule has 8 nitrogen and oxygen atoms in total. The Balaban J connectivity index is 1.70. The molecule has 1 aliphatic heterocycles. The normalized spacial score (nSPS) is 13.7. The van der Waals surface area contributed by atoms with Gasteiger partial charge in [0.05, 0.1) is 6.61 Å². The molecule has 3 heterocycles. The van der Waals surface area contributed by atoms with Crippen molar-refractivity contribution in [2.75, 3.05) is 19.1 Å². The molecule has 0 bridgehead atoms. The second kappa shape index (κ2) is 9.02. The molecule has 0 atom stereocenters. The molecule has 0 saturated heterocycles. The first-order chi connectivity index (χ1) is 14.0. The van der Waals surface area contributed by atoms with Crippen LogP contribution in [-0.2, 0) is 17.9 Å². The zero-order valence-corrected chi connectivity index (χ0v) is 19.3. The largest absolute Gasteiger partial charge is 0.467 e. The van der Waals surface area contributed by atoms with Crippen molar-refractivity contribution >= 4 is 51.3 Å². The molecule has 3 aromatic rings. The van der Waals surface area contributed by atoms with Gasteiger partial charge in [0.1, 0.15) is 12.1 Å². The minimum absolute atomic E-state index is 0.283. The first-order valence-corrected chi connectivity index (χ1v) is 11.3. The van der Waals surface area contributed by atoms with Gasteiger partial charge >= 0.3 is 0 Å². The van der Waals surface area contributed by atoms with Crippen LogP contribution < -0.4 is 15.8 Å². The van der Waals surface area contributed by atoms with Crippen molar-refractivity contribution in [2.45, 2.75) is 49.5 Å². The highest BCUT2D eigenvalue weighted by Crippen LogP contribution is 2.40. The van der Waals surface area contributed by atoms with E-state index in [1.54, 1.807) is 11.8 Å². The maximum absolute atomic E-state index is 6.08. The van der Waals surface area contributed by atoms with Gasteiger partial charge in [0, 0.05) is 26.6 Å². The van der Waals surface area contributed by atoms with E-state index in [2.05, 4.69) is 62.4 Å². The van der Waals surface area contributed by atoms with E-state index in [1.807, 2.05) is 6.07 Å². The molecule has 0 unspecified atom stereocenters. The van der Waals surface area contributed by atoms with Crippen molar-refractivity contribution in [3.63, 3.8) is 0 Å². The lowest BCUT2D eigenvalue weighted by Gasteiger charge is -2.21. The third kappa shape index (κ3) is 4.44. The summed E-state index contributed by atoms with van der Waals surface area (Å²) in [6, 6.07) is 4.51. The van der Waals surface area contributed by atoms with Gasteiger partial charge in [-0.25, -0.2) is 15.0 Å². The van der Waals surface area contributed by atoms with E-state index < -0.39 is 0 Å². The van der Waals surface area contributed by atoms with E-state index in [0.717, 1.165) is 50.1 Å². The number of rotatable bonds is 7. The van der Waals surface area contributed by atoms with E-state index in [1.165, 1.54) is 6.33 Å². The molecule has 2 aromatic heterocycles. The Morgan fingerprint density at radius 2 is 2.21 bits per heavy atom. The second-order valence-electron chi connectivity index (χ2n) is 7.01. The van der Waals surface area contributed by atoms with Crippen LogP contribution >= 0.6 is 34.4 Å². The number of nitrogens with zero attached hydrogens (tertiary/aromatic N) is 4. The molecule has 0 fully saturated rings. The van der Waals surface area contributed by atoms with E-state index in [-0.39, 0.29) is 6.79 Å². The first kappa shape index (κ1) is 20.6. The molecule has 4 rings (SSSR count). The Morgan fingerprint density at radius 1 is 1.34 bits per heavy atom. The predicted octanol–water partition coefficient (Wildman–Crippen LogP) is 3.42. The number of fused-ring (bicyclic) bond motifs is 2. The van der Waals surface area contributed by atoms with E-state index in [9.17, 15) is 0 Å². The minimum Gasteiger partial charge on any atom is -0.467 e. The molecule has 0 aliphatic carbocycles. The number of nitrogens with two attached hydrogens (primary N) is 1. The molecule has 0 amide bonds. The number of nitrogen functional groups attached to an aromatic ring is 1. The van der Waals surface area contributed by atoms with Crippen LogP contribution in [0.2, 0.25) is 0 Å². The van der Waals surface area contributed by atoms with Gasteiger partial charge in [-0.3, -0.25) is 0 Å². The van der Waals surface area contributed by atoms with Gasteiger partial charge in [0.25, 0.3) is 0 Å². The van der Waals surface area contributed by atoms with Crippen molar-refractivity contribution in [3.8, 4) is 5.75 Å². The fourth-order valence-corrected chi connectivity index (χ4v) is 5.04. The van der Waals surface area contributed by atoms with Gasteiger partial charge in [-0.05, 0) is 59.5 Å². The Bertz CT molecular complexity index is 1030. The third-order valence-corrected chi connectivity index (χ3v) is 6.97. The highest BCUT2D eigenvalue weighted by molar-refractivity contribution is 14.1. The summed E-state index contributed by atoms with van der Waals surface area (Å²) in [5.74, 6) is 1.26. The van der Waals surface area contributed by atoms with Crippen molar-refractivity contribution in [1.29, 1.82) is 0 Å². The molecular weight excluding hydrogens is 503 g/mol. The van der Waals surface area contributed by atoms with E-state index in [0.29, 0.717) is 24.0 Å². The highest BCUT2D eigenvalue weighted by Gasteiger charge is 2.22. The summed E-state index contributed by atoms with van der Waals surface area (Å²) in [4.78, 5) is 14.4. The van der Waals surface area contributed by atoms with Gasteiger partial charge in [-0.1, -0.05) is 13.8 Å². The van der Waals surface area contributed by atoms with Crippen molar-refractivity contribution in [3.05, 3.63) is 27.6 Å². The summed E-state index contributed by atoms with van der Waals surface area (Å²) in [5.41, 5.74) is 8.52. The fourth-order valence-electron chi connectivity index (χ4n) is 3.14. The van der Waals surface area contributed by atoms with Crippen LogP contribution in [0.4, 0.5) is 5.82 Å². The predicted molar refractivity (Wildman–Crippen MR) is 121 cm³/mol. The summed E-state index contributed by atoms with van der Waals surface area (Å²) >= 11 is 3.94. The average Bonchev–Trinajstić information content (AvgIpc) is 3.06. The topological polar surface area (TPSA) is 100 Å². The lowest BCUT2D eigenvalue weighted by molar-refractivity contribution is -0.0179. The Labute approximate surface area is 187 Å². The van der Waals surface area contributed by atoms with Gasteiger partial charge in [0.15, 0.2) is 28.9 Å². The number of aromatic nitrogens is 4. The fraction of sp³-hybridized carbons (Fsp3) is 0.421. The summed E-state index contributed by atoms with van der Waals surface area (Å²) in [5, 5.41) is 4.30. The van der Waals surface area contributed by atoms with Crippen LogP contribution in [0.25, 0.3) is 11.2 Å². The summed E-state index contributed by atoms with van der Waals surface area (Å²) < 4.78 is 14.4. The zero-order valence-electron chi connectivity index (χ0n) is 16.3. The Morgan fingerprint density at radius 3 is 3.03 bits per heavy atom. The maximum Gasteiger partial charge on any atom is 0.189 e. The van der Waals surface area contributed by atoms with Gasteiger partial charge in [-0.2, -0.15) is 0 Å². The number of halogens is 1. The van der Waals surface area contributed by atoms with Crippen LogP contribution in [0.5, 0.6) is 5.75 Å². The Kier molecular flexibility index (Phi) is 6.42. The van der Waals surface area contributed by atoms with Crippen LogP contribution in [0.1, 0.15) is 25.8 Å². The second-order valence-corrected chi connectivity index (χ2v) is 9.15. The lowest BCUT2D eigenvalue weighted by atomic mass is 10.2. The number of anilines is 1. The van der Waals surface area contributed by atoms with Crippen molar-refractivity contribution < 1.29 is 9.47 Å². The van der Waals surface area contributed by atoms with E-state index >= 15 is 0 Å². The molecular formula is C19H23IN6O2S. The Hall–Kier alpha value is -1.63. The number of aryl methyl sites for hydroxylation is 1. The molecule has 0 saturated carbocycles. The molecule has 3 N–H and O–H groups in total. The van der Waals surface area contributed by atoms with Gasteiger partial charge < -0.3 is 25.1 Å². The standard InChI is InChI=1S/C19H23IN6O2S/c1-11(2)22-6-3-7-26-18-15(17(21)23-9-24-18)25-19(26)29-16-12-8-27-10-28-14(12)5-4-13(16)20/h4-5,9,11,22H,3,6-8,10H2,1-2H3,(H2,21,23,24). The molecule has 154 valence electrons. The third-order valence-electron chi connectivity index (χ3n) is 4.54. The molecule has 0 radical (unpaired) electrons. The smallest absolute Gasteiger partial charge is 0.189 e. The van der Waals surface area contributed by atoms with Crippen LogP contribution in [-0.4, -0.2) is 38.9 Å². The number of nitrogens with one attached hydrogen (secondary N) is 1. The number of imidazole rings is 1. The van der Waals surface area contributed by atoms with Gasteiger partial charge in [-0.15, -0.1) is 0 Å². The monoisotopic (exact) mass is 526 g/mol. The molecule has 0 spiro atoms. The number of benzene rings is 1. The van der Waals surface area contributed by atoms with Crippen LogP contribution in [0, 0.1) is 3.57 Å². The summed E-state index contributed by atoms with van der Waals surface area (Å²) in [6.45, 7) is 6.80. The van der Waals surface area contributed by atoms with Crippen LogP contribution in [0.3, 0.4) is 0 Å². The van der Waals surface area contributed by atoms with Crippen LogP contribution in [0.15, 0.2) is 28.5 Å². The maximum atomic E-state index is 6.08. The summed E-state index contributed by atoms with van der Waals surface area (Å²) in [6.07, 6.45) is 2.45. The minimum atomic E-state index is 0.283. The van der Waals surface area contributed by atoms with E-state index in [4.69, 9.17) is 20.2 Å². The highest BCUT2D eigenvalue weighted by atomic mass is 127. The molecule has 29 heavy (non-hydrogen) atoms. The van der Waals surface area contributed by atoms with Crippen molar-refractivity contribution in [2.24, 2.45) is 0 Å². The number of hydrogen-bond donors (Lipinski definition) is 2. The average molecular weight is 526 g/mol. The first-order valence-electron chi connectivity index (χ1n) is 9.44. The number of ether oxygens (including phenoxy) is 2. The molecule has 1 aliphatic rings. The zero-order chi connectivity index (χ0) is 20.4. The molecule has 10 heteroatoms. The lowest BCUT2D eigenvalue weighted by Crippen LogP contribution is -2.24.